The molecule has 3 nitrogen and oxygen atoms in total. The fraction of sp³-hybridized carbons (Fsp3) is 0.667. The predicted octanol–water partition coefficient (Wildman–Crippen LogP) is 3.44. The Kier molecular flexibility index (Phi) is 5.00. The van der Waals surface area contributed by atoms with Crippen molar-refractivity contribution in [3.8, 4) is 0 Å². The van der Waals surface area contributed by atoms with Crippen LogP contribution < -0.4 is 5.32 Å². The average molecular weight is 247 g/mol. The summed E-state index contributed by atoms with van der Waals surface area (Å²) >= 11 is 0. The molecule has 2 rings (SSSR count). The number of allylic oxidation sites excluding steroid dienone is 1. The van der Waals surface area contributed by atoms with Crippen LogP contribution in [0.3, 0.4) is 0 Å². The molecule has 1 aromatic rings. The average Bonchev–Trinajstić information content (AvgIpc) is 2.84. The molecule has 0 atom stereocenters. The van der Waals surface area contributed by atoms with Crippen LogP contribution >= 0.6 is 0 Å². The maximum atomic E-state index is 4.68. The molecule has 0 unspecified atom stereocenters. The van der Waals surface area contributed by atoms with Crippen molar-refractivity contribution in [1.29, 1.82) is 0 Å². The summed E-state index contributed by atoms with van der Waals surface area (Å²) < 4.78 is 2.18. The molecule has 0 aliphatic heterocycles. The molecule has 0 bridgehead atoms. The maximum absolute atomic E-state index is 4.68. The minimum atomic E-state index is 0.644. The Labute approximate surface area is 110 Å². The first kappa shape index (κ1) is 13.3. The van der Waals surface area contributed by atoms with Crippen molar-refractivity contribution < 1.29 is 0 Å². The van der Waals surface area contributed by atoms with Crippen molar-refractivity contribution in [1.82, 2.24) is 15.1 Å². The lowest BCUT2D eigenvalue weighted by atomic mass is 9.96. The highest BCUT2D eigenvalue weighted by Crippen LogP contribution is 2.27. The van der Waals surface area contributed by atoms with Gasteiger partial charge in [-0.05, 0) is 32.8 Å². The molecule has 0 spiro atoms. The standard InChI is InChI=1S/C15H25N3/c1-13(2)8-10-16-12-14-9-11-18(17-14)15-6-4-3-5-7-15/h8-9,11,15-16H,3-7,10,12H2,1-2H3. The maximum Gasteiger partial charge on any atom is 0.0762 e. The molecule has 0 aromatic carbocycles. The van der Waals surface area contributed by atoms with E-state index in [-0.39, 0.29) is 0 Å². The van der Waals surface area contributed by atoms with E-state index in [0.29, 0.717) is 6.04 Å². The van der Waals surface area contributed by atoms with E-state index in [9.17, 15) is 0 Å². The van der Waals surface area contributed by atoms with E-state index in [0.717, 1.165) is 18.8 Å². The summed E-state index contributed by atoms with van der Waals surface area (Å²) in [6.07, 6.45) is 11.1. The van der Waals surface area contributed by atoms with Gasteiger partial charge in [-0.15, -0.1) is 0 Å². The van der Waals surface area contributed by atoms with Gasteiger partial charge in [-0.1, -0.05) is 30.9 Å². The highest BCUT2D eigenvalue weighted by Gasteiger charge is 2.15. The molecule has 1 fully saturated rings. The summed E-state index contributed by atoms with van der Waals surface area (Å²) in [4.78, 5) is 0. The van der Waals surface area contributed by atoms with Crippen LogP contribution in [0.4, 0.5) is 0 Å². The minimum Gasteiger partial charge on any atom is -0.308 e. The minimum absolute atomic E-state index is 0.644. The molecule has 1 aliphatic carbocycles. The summed E-state index contributed by atoms with van der Waals surface area (Å²) in [6.45, 7) is 6.04. The Bertz CT molecular complexity index is 382. The zero-order valence-corrected chi connectivity index (χ0v) is 11.7. The second kappa shape index (κ2) is 6.74. The van der Waals surface area contributed by atoms with Crippen LogP contribution in [0.1, 0.15) is 57.7 Å². The molecule has 1 aliphatic rings. The van der Waals surface area contributed by atoms with Crippen LogP contribution in [0.2, 0.25) is 0 Å². The number of nitrogens with zero attached hydrogens (tertiary/aromatic N) is 2. The molecular weight excluding hydrogens is 222 g/mol. The number of hydrogen-bond acceptors (Lipinski definition) is 2. The molecule has 0 amide bonds. The van der Waals surface area contributed by atoms with Gasteiger partial charge in [-0.25, -0.2) is 0 Å². The van der Waals surface area contributed by atoms with Gasteiger partial charge in [0.05, 0.1) is 11.7 Å². The lowest BCUT2D eigenvalue weighted by molar-refractivity contribution is 0.328. The zero-order chi connectivity index (χ0) is 12.8. The fourth-order valence-electron chi connectivity index (χ4n) is 2.50. The van der Waals surface area contributed by atoms with Gasteiger partial charge in [0.1, 0.15) is 0 Å². The van der Waals surface area contributed by atoms with Gasteiger partial charge in [-0.2, -0.15) is 5.10 Å². The number of aromatic nitrogens is 2. The lowest BCUT2D eigenvalue weighted by Crippen LogP contribution is -2.16. The molecular formula is C15H25N3. The van der Waals surface area contributed by atoms with E-state index in [1.165, 1.54) is 37.7 Å². The molecule has 100 valence electrons. The van der Waals surface area contributed by atoms with Crippen LogP contribution in [-0.4, -0.2) is 16.3 Å². The van der Waals surface area contributed by atoms with Crippen molar-refractivity contribution in [2.24, 2.45) is 0 Å². The van der Waals surface area contributed by atoms with Gasteiger partial charge < -0.3 is 5.32 Å². The van der Waals surface area contributed by atoms with Gasteiger partial charge in [-0.3, -0.25) is 4.68 Å². The summed E-state index contributed by atoms with van der Waals surface area (Å²) in [5.41, 5.74) is 2.51. The molecule has 3 heteroatoms. The normalized spacial score (nSPS) is 16.8. The number of rotatable bonds is 5. The highest BCUT2D eigenvalue weighted by atomic mass is 15.3. The molecule has 1 aromatic heterocycles. The monoisotopic (exact) mass is 247 g/mol. The van der Waals surface area contributed by atoms with Gasteiger partial charge >= 0.3 is 0 Å². The summed E-state index contributed by atoms with van der Waals surface area (Å²) in [6, 6.07) is 2.79. The Morgan fingerprint density at radius 1 is 1.39 bits per heavy atom. The summed E-state index contributed by atoms with van der Waals surface area (Å²) in [7, 11) is 0. The first-order chi connectivity index (χ1) is 8.75. The fourth-order valence-corrected chi connectivity index (χ4v) is 2.50. The van der Waals surface area contributed by atoms with Crippen molar-refractivity contribution in [3.63, 3.8) is 0 Å². The quantitative estimate of drug-likeness (QED) is 0.638. The van der Waals surface area contributed by atoms with E-state index >= 15 is 0 Å². The van der Waals surface area contributed by atoms with Crippen molar-refractivity contribution in [2.45, 2.75) is 58.5 Å². The Morgan fingerprint density at radius 3 is 2.89 bits per heavy atom. The SMILES string of the molecule is CC(C)=CCNCc1ccn(C2CCCCC2)n1. The number of hydrogen-bond donors (Lipinski definition) is 1. The van der Waals surface area contributed by atoms with Crippen LogP contribution in [0, 0.1) is 0 Å². The zero-order valence-electron chi connectivity index (χ0n) is 11.7. The third kappa shape index (κ3) is 3.98. The van der Waals surface area contributed by atoms with E-state index in [1.54, 1.807) is 0 Å². The molecule has 1 N–H and O–H groups in total. The largest absolute Gasteiger partial charge is 0.308 e. The van der Waals surface area contributed by atoms with Crippen LogP contribution in [0.15, 0.2) is 23.9 Å². The van der Waals surface area contributed by atoms with Crippen molar-refractivity contribution >= 4 is 0 Å². The van der Waals surface area contributed by atoms with Crippen LogP contribution in [-0.2, 0) is 6.54 Å². The first-order valence-corrected chi connectivity index (χ1v) is 7.14. The Hall–Kier alpha value is -1.09. The van der Waals surface area contributed by atoms with Gasteiger partial charge in [0.25, 0.3) is 0 Å². The Morgan fingerprint density at radius 2 is 2.17 bits per heavy atom. The van der Waals surface area contributed by atoms with E-state index < -0.39 is 0 Å². The third-order valence-corrected chi connectivity index (χ3v) is 3.57. The van der Waals surface area contributed by atoms with Crippen LogP contribution in [0.25, 0.3) is 0 Å². The summed E-state index contributed by atoms with van der Waals surface area (Å²) in [5.74, 6) is 0. The number of nitrogens with one attached hydrogen (secondary N) is 1. The van der Waals surface area contributed by atoms with Crippen LogP contribution in [0.5, 0.6) is 0 Å². The van der Waals surface area contributed by atoms with E-state index in [4.69, 9.17) is 0 Å². The van der Waals surface area contributed by atoms with Gasteiger partial charge in [0.15, 0.2) is 0 Å². The third-order valence-electron chi connectivity index (χ3n) is 3.57. The van der Waals surface area contributed by atoms with E-state index in [1.807, 2.05) is 0 Å². The Balaban J connectivity index is 1.80. The molecule has 0 radical (unpaired) electrons. The topological polar surface area (TPSA) is 29.9 Å². The smallest absolute Gasteiger partial charge is 0.0762 e. The van der Waals surface area contributed by atoms with Crippen molar-refractivity contribution in [3.05, 3.63) is 29.6 Å². The van der Waals surface area contributed by atoms with E-state index in [2.05, 4.69) is 47.3 Å². The lowest BCUT2D eigenvalue weighted by Gasteiger charge is -2.21. The van der Waals surface area contributed by atoms with Crippen molar-refractivity contribution in [2.75, 3.05) is 6.54 Å². The van der Waals surface area contributed by atoms with Gasteiger partial charge in [0.2, 0.25) is 0 Å². The van der Waals surface area contributed by atoms with Gasteiger partial charge in [0, 0.05) is 19.3 Å². The second-order valence-corrected chi connectivity index (χ2v) is 5.49. The molecule has 18 heavy (non-hydrogen) atoms. The molecule has 1 heterocycles. The molecule has 1 saturated carbocycles. The second-order valence-electron chi connectivity index (χ2n) is 5.49. The first-order valence-electron chi connectivity index (χ1n) is 7.14. The molecule has 0 saturated heterocycles. The summed E-state index contributed by atoms with van der Waals surface area (Å²) in [5, 5.41) is 8.08. The highest BCUT2D eigenvalue weighted by molar-refractivity contribution is 5.01. The predicted molar refractivity (Wildman–Crippen MR) is 75.5 cm³/mol.